The van der Waals surface area contributed by atoms with Gasteiger partial charge in [0.2, 0.25) is 5.91 Å². The largest absolute Gasteiger partial charge is 0.331 e. The van der Waals surface area contributed by atoms with Gasteiger partial charge in [0.25, 0.3) is 11.5 Å². The summed E-state index contributed by atoms with van der Waals surface area (Å²) in [6.07, 6.45) is 1.09. The van der Waals surface area contributed by atoms with E-state index >= 15 is 0 Å². The van der Waals surface area contributed by atoms with Crippen molar-refractivity contribution in [1.82, 2.24) is 14.9 Å². The Morgan fingerprint density at radius 3 is 2.70 bits per heavy atom. The number of hydrogen-bond donors (Lipinski definition) is 2. The predicted octanol–water partition coefficient (Wildman–Crippen LogP) is 3.98. The molecule has 0 saturated heterocycles. The summed E-state index contributed by atoms with van der Waals surface area (Å²) in [6.45, 7) is 4.37. The van der Waals surface area contributed by atoms with Crippen LogP contribution in [0.3, 0.4) is 0 Å². The van der Waals surface area contributed by atoms with Crippen LogP contribution < -0.4 is 10.9 Å². The molecule has 0 saturated carbocycles. The van der Waals surface area contributed by atoms with Gasteiger partial charge in [0.05, 0.1) is 17.4 Å². The lowest BCUT2D eigenvalue weighted by atomic mass is 10.1. The summed E-state index contributed by atoms with van der Waals surface area (Å²) in [4.78, 5) is 46.0. The molecule has 30 heavy (non-hydrogen) atoms. The quantitative estimate of drug-likeness (QED) is 0.597. The first-order valence-corrected chi connectivity index (χ1v) is 10.2. The van der Waals surface area contributed by atoms with Gasteiger partial charge in [-0.15, -0.1) is 0 Å². The Morgan fingerprint density at radius 1 is 1.17 bits per heavy atom. The minimum Gasteiger partial charge on any atom is -0.331 e. The summed E-state index contributed by atoms with van der Waals surface area (Å²) in [7, 11) is 0. The average Bonchev–Trinajstić information content (AvgIpc) is 2.72. The van der Waals surface area contributed by atoms with Gasteiger partial charge >= 0.3 is 0 Å². The van der Waals surface area contributed by atoms with Crippen LogP contribution in [0, 0.1) is 0 Å². The minimum atomic E-state index is -0.278. The van der Waals surface area contributed by atoms with Crippen molar-refractivity contribution in [2.45, 2.75) is 33.2 Å². The normalized spacial score (nSPS) is 10.8. The van der Waals surface area contributed by atoms with Crippen molar-refractivity contribution in [2.24, 2.45) is 0 Å². The van der Waals surface area contributed by atoms with Crippen molar-refractivity contribution in [3.8, 4) is 0 Å². The predicted molar refractivity (Wildman–Crippen MR) is 118 cm³/mol. The van der Waals surface area contributed by atoms with E-state index in [1.54, 1.807) is 54.3 Å². The minimum absolute atomic E-state index is 0.124. The number of nitrogens with one attached hydrogen (secondary N) is 2. The first kappa shape index (κ1) is 21.5. The fourth-order valence-corrected chi connectivity index (χ4v) is 3.27. The molecule has 3 rings (SSSR count). The first-order chi connectivity index (χ1) is 14.4. The zero-order valence-corrected chi connectivity index (χ0v) is 17.6. The summed E-state index contributed by atoms with van der Waals surface area (Å²) in [5.41, 5.74) is 1.22. The van der Waals surface area contributed by atoms with E-state index in [1.165, 1.54) is 0 Å². The van der Waals surface area contributed by atoms with Crippen molar-refractivity contribution in [3.05, 3.63) is 69.2 Å². The molecule has 0 unspecified atom stereocenters. The second-order valence-electron chi connectivity index (χ2n) is 6.88. The van der Waals surface area contributed by atoms with Gasteiger partial charge in [0, 0.05) is 29.2 Å². The zero-order chi connectivity index (χ0) is 21.7. The lowest BCUT2D eigenvalue weighted by Crippen LogP contribution is -2.33. The Bertz CT molecular complexity index is 1140. The molecular weight excluding hydrogens is 404 g/mol. The van der Waals surface area contributed by atoms with Crippen molar-refractivity contribution >= 4 is 40.0 Å². The van der Waals surface area contributed by atoms with Crippen molar-refractivity contribution in [2.75, 3.05) is 11.9 Å². The highest BCUT2D eigenvalue weighted by atomic mass is 35.5. The second-order valence-corrected chi connectivity index (χ2v) is 7.32. The molecule has 0 atom stereocenters. The van der Waals surface area contributed by atoms with Crippen LogP contribution in [0.25, 0.3) is 10.9 Å². The van der Waals surface area contributed by atoms with Crippen molar-refractivity contribution in [3.63, 3.8) is 0 Å². The number of fused-ring (bicyclic) bond motifs is 1. The maximum Gasteiger partial charge on any atom is 0.258 e. The molecule has 7 nitrogen and oxygen atoms in total. The molecule has 1 heterocycles. The second kappa shape index (κ2) is 9.54. The molecule has 0 fully saturated rings. The summed E-state index contributed by atoms with van der Waals surface area (Å²) in [5.74, 6) is 0.0481. The molecule has 0 bridgehead atoms. The molecule has 0 aliphatic rings. The smallest absolute Gasteiger partial charge is 0.258 e. The van der Waals surface area contributed by atoms with Gasteiger partial charge in [-0.05, 0) is 42.8 Å². The van der Waals surface area contributed by atoms with Gasteiger partial charge in [-0.2, -0.15) is 0 Å². The van der Waals surface area contributed by atoms with Crippen LogP contribution in [0.4, 0.5) is 5.69 Å². The molecule has 8 heteroatoms. The van der Waals surface area contributed by atoms with E-state index in [-0.39, 0.29) is 23.9 Å². The molecule has 0 spiro atoms. The Kier molecular flexibility index (Phi) is 6.84. The SMILES string of the molecule is CCCN(Cc1nc2cc(Cl)ccc2c(=O)[nH]1)C(=O)c1cccc(NC(=O)CC)c1. The number of rotatable bonds is 7. The number of aromatic nitrogens is 2. The highest BCUT2D eigenvalue weighted by Crippen LogP contribution is 2.17. The number of amides is 2. The van der Waals surface area contributed by atoms with Crippen molar-refractivity contribution in [1.29, 1.82) is 0 Å². The molecule has 156 valence electrons. The zero-order valence-electron chi connectivity index (χ0n) is 16.9. The van der Waals surface area contributed by atoms with Crippen LogP contribution in [-0.2, 0) is 11.3 Å². The van der Waals surface area contributed by atoms with Crippen molar-refractivity contribution < 1.29 is 9.59 Å². The standard InChI is InChI=1S/C22H23ClN4O3/c1-3-10-27(22(30)14-6-5-7-16(11-14)24-20(28)4-2)13-19-25-18-12-15(23)8-9-17(18)21(29)26-19/h5-9,11-12H,3-4,10,13H2,1-2H3,(H,24,28)(H,25,26,29). The third kappa shape index (κ3) is 5.04. The van der Waals surface area contributed by atoms with Gasteiger partial charge in [-0.3, -0.25) is 14.4 Å². The number of nitrogens with zero attached hydrogens (tertiary/aromatic N) is 2. The lowest BCUT2D eigenvalue weighted by molar-refractivity contribution is -0.115. The Labute approximate surface area is 179 Å². The van der Waals surface area contributed by atoms with E-state index in [4.69, 9.17) is 11.6 Å². The third-order valence-corrected chi connectivity index (χ3v) is 4.79. The number of halogens is 1. The highest BCUT2D eigenvalue weighted by molar-refractivity contribution is 6.31. The fraction of sp³-hybridized carbons (Fsp3) is 0.273. The van der Waals surface area contributed by atoms with E-state index in [9.17, 15) is 14.4 Å². The maximum absolute atomic E-state index is 13.1. The third-order valence-electron chi connectivity index (χ3n) is 4.55. The number of anilines is 1. The van der Waals surface area contributed by atoms with Gasteiger partial charge in [0.1, 0.15) is 5.82 Å². The number of carbonyl (C=O) groups is 2. The number of benzene rings is 2. The Balaban J connectivity index is 1.88. The average molecular weight is 427 g/mol. The van der Waals surface area contributed by atoms with Crippen LogP contribution in [0.5, 0.6) is 0 Å². The molecular formula is C22H23ClN4O3. The lowest BCUT2D eigenvalue weighted by Gasteiger charge is -2.22. The van der Waals surface area contributed by atoms with E-state index in [0.717, 1.165) is 6.42 Å². The summed E-state index contributed by atoms with van der Waals surface area (Å²) >= 11 is 6.02. The molecule has 0 radical (unpaired) electrons. The Morgan fingerprint density at radius 2 is 1.97 bits per heavy atom. The molecule has 2 N–H and O–H groups in total. The Hall–Kier alpha value is -3.19. The molecule has 1 aromatic heterocycles. The first-order valence-electron chi connectivity index (χ1n) is 9.79. The van der Waals surface area contributed by atoms with Crippen LogP contribution >= 0.6 is 11.6 Å². The number of H-pyrrole nitrogens is 1. The van der Waals surface area contributed by atoms with Crippen LogP contribution in [0.15, 0.2) is 47.3 Å². The van der Waals surface area contributed by atoms with Gasteiger partial charge in [0.15, 0.2) is 0 Å². The van der Waals surface area contributed by atoms with E-state index in [1.807, 2.05) is 6.92 Å². The topological polar surface area (TPSA) is 95.2 Å². The molecule has 0 aliphatic carbocycles. The fourth-order valence-electron chi connectivity index (χ4n) is 3.10. The van der Waals surface area contributed by atoms with E-state index in [2.05, 4.69) is 15.3 Å². The van der Waals surface area contributed by atoms with Crippen LogP contribution in [0.2, 0.25) is 5.02 Å². The van der Waals surface area contributed by atoms with Crippen LogP contribution in [-0.4, -0.2) is 33.2 Å². The number of carbonyl (C=O) groups excluding carboxylic acids is 2. The summed E-state index contributed by atoms with van der Waals surface area (Å²) < 4.78 is 0. The van der Waals surface area contributed by atoms with Gasteiger partial charge in [-0.25, -0.2) is 4.98 Å². The number of hydrogen-bond acceptors (Lipinski definition) is 4. The monoisotopic (exact) mass is 426 g/mol. The summed E-state index contributed by atoms with van der Waals surface area (Å²) in [5, 5.41) is 3.68. The molecule has 2 amide bonds. The molecule has 3 aromatic rings. The summed E-state index contributed by atoms with van der Waals surface area (Å²) in [6, 6.07) is 11.7. The van der Waals surface area contributed by atoms with E-state index < -0.39 is 0 Å². The maximum atomic E-state index is 13.1. The van der Waals surface area contributed by atoms with Gasteiger partial charge < -0.3 is 15.2 Å². The van der Waals surface area contributed by atoms with E-state index in [0.29, 0.717) is 46.0 Å². The number of aromatic amines is 1. The highest BCUT2D eigenvalue weighted by Gasteiger charge is 2.18. The molecule has 0 aliphatic heterocycles. The van der Waals surface area contributed by atoms with Crippen LogP contribution in [0.1, 0.15) is 42.9 Å². The molecule has 2 aromatic carbocycles. The van der Waals surface area contributed by atoms with Gasteiger partial charge in [-0.1, -0.05) is 31.5 Å².